The molecule has 1 fully saturated rings. The normalized spacial score (nSPS) is 18.4. The van der Waals surface area contributed by atoms with Crippen LogP contribution in [0.3, 0.4) is 0 Å². The highest BCUT2D eigenvalue weighted by Gasteiger charge is 2.43. The van der Waals surface area contributed by atoms with Gasteiger partial charge in [0, 0.05) is 18.3 Å². The van der Waals surface area contributed by atoms with E-state index in [9.17, 15) is 4.79 Å². The molecule has 4 rings (SSSR count). The fourth-order valence-corrected chi connectivity index (χ4v) is 3.16. The summed E-state index contributed by atoms with van der Waals surface area (Å²) in [5.74, 6) is 2.81. The third-order valence-electron chi connectivity index (χ3n) is 4.76. The van der Waals surface area contributed by atoms with E-state index in [0.29, 0.717) is 5.69 Å². The van der Waals surface area contributed by atoms with Crippen LogP contribution >= 0.6 is 0 Å². The first-order chi connectivity index (χ1) is 12.7. The average molecular weight is 348 g/mol. The number of amides is 1. The maximum atomic E-state index is 12.5. The van der Waals surface area contributed by atoms with Crippen molar-refractivity contribution in [3.05, 3.63) is 66.4 Å². The molecular formula is C20H20N4O2. The molecule has 6 nitrogen and oxygen atoms in total. The van der Waals surface area contributed by atoms with E-state index in [1.807, 2.05) is 54.1 Å². The van der Waals surface area contributed by atoms with E-state index >= 15 is 0 Å². The molecule has 0 unspecified atom stereocenters. The first-order valence-electron chi connectivity index (χ1n) is 8.57. The number of methoxy groups -OCH3 is 1. The molecule has 3 aromatic rings. The molecule has 1 aliphatic rings. The number of ether oxygens (including phenoxy) is 1. The second kappa shape index (κ2) is 6.63. The summed E-state index contributed by atoms with van der Waals surface area (Å²) in [5.41, 5.74) is 1.88. The molecule has 1 aliphatic carbocycles. The SMILES string of the molecule is COc1ccc([C@H]2C[C@H]2C(=O)Nc2ccc(-n3ccnc3C)nc2)cc1. The molecule has 26 heavy (non-hydrogen) atoms. The lowest BCUT2D eigenvalue weighted by Gasteiger charge is -2.07. The van der Waals surface area contributed by atoms with Gasteiger partial charge in [-0.25, -0.2) is 9.97 Å². The Morgan fingerprint density at radius 3 is 2.62 bits per heavy atom. The Kier molecular flexibility index (Phi) is 4.16. The van der Waals surface area contributed by atoms with E-state index in [1.54, 1.807) is 19.5 Å². The van der Waals surface area contributed by atoms with Crippen molar-refractivity contribution >= 4 is 11.6 Å². The predicted molar refractivity (Wildman–Crippen MR) is 98.6 cm³/mol. The van der Waals surface area contributed by atoms with Crippen molar-refractivity contribution in [2.45, 2.75) is 19.3 Å². The Hall–Kier alpha value is -3.15. The van der Waals surface area contributed by atoms with Gasteiger partial charge in [0.1, 0.15) is 17.4 Å². The number of anilines is 1. The fraction of sp³-hybridized carbons (Fsp3) is 0.250. The first kappa shape index (κ1) is 16.3. The number of hydrogen-bond acceptors (Lipinski definition) is 4. The van der Waals surface area contributed by atoms with Crippen LogP contribution in [0.4, 0.5) is 5.69 Å². The van der Waals surface area contributed by atoms with Crippen LogP contribution in [0, 0.1) is 12.8 Å². The van der Waals surface area contributed by atoms with Gasteiger partial charge in [-0.2, -0.15) is 0 Å². The van der Waals surface area contributed by atoms with Crippen LogP contribution in [0.2, 0.25) is 0 Å². The Bertz CT molecular complexity index is 916. The van der Waals surface area contributed by atoms with E-state index in [2.05, 4.69) is 15.3 Å². The molecule has 6 heteroatoms. The molecule has 2 atom stereocenters. The Balaban J connectivity index is 1.39. The fourth-order valence-electron chi connectivity index (χ4n) is 3.16. The van der Waals surface area contributed by atoms with Crippen LogP contribution in [-0.2, 0) is 4.79 Å². The maximum absolute atomic E-state index is 12.5. The minimum Gasteiger partial charge on any atom is -0.497 e. The van der Waals surface area contributed by atoms with Crippen LogP contribution in [0.5, 0.6) is 5.75 Å². The quantitative estimate of drug-likeness (QED) is 0.768. The van der Waals surface area contributed by atoms with Crippen LogP contribution < -0.4 is 10.1 Å². The lowest BCUT2D eigenvalue weighted by atomic mass is 10.1. The molecule has 1 saturated carbocycles. The zero-order valence-corrected chi connectivity index (χ0v) is 14.7. The number of nitrogens with one attached hydrogen (secondary N) is 1. The van der Waals surface area contributed by atoms with Gasteiger partial charge in [0.15, 0.2) is 0 Å². The van der Waals surface area contributed by atoms with Crippen molar-refractivity contribution in [3.63, 3.8) is 0 Å². The topological polar surface area (TPSA) is 69.0 Å². The molecule has 1 N–H and O–H groups in total. The molecule has 0 saturated heterocycles. The van der Waals surface area contributed by atoms with Gasteiger partial charge in [-0.3, -0.25) is 9.36 Å². The van der Waals surface area contributed by atoms with Crippen LogP contribution in [-0.4, -0.2) is 27.6 Å². The molecule has 0 bridgehead atoms. The van der Waals surface area contributed by atoms with Crippen molar-refractivity contribution in [1.29, 1.82) is 0 Å². The van der Waals surface area contributed by atoms with Crippen molar-refractivity contribution in [1.82, 2.24) is 14.5 Å². The van der Waals surface area contributed by atoms with E-state index in [4.69, 9.17) is 4.74 Å². The molecule has 0 spiro atoms. The number of aromatic nitrogens is 3. The molecule has 132 valence electrons. The smallest absolute Gasteiger partial charge is 0.228 e. The lowest BCUT2D eigenvalue weighted by molar-refractivity contribution is -0.117. The summed E-state index contributed by atoms with van der Waals surface area (Å²) in [6, 6.07) is 11.7. The molecular weight excluding hydrogens is 328 g/mol. The number of nitrogens with zero attached hydrogens (tertiary/aromatic N) is 3. The van der Waals surface area contributed by atoms with E-state index in [1.165, 1.54) is 5.56 Å². The number of carbonyl (C=O) groups excluding carboxylic acids is 1. The Morgan fingerprint density at radius 1 is 1.19 bits per heavy atom. The van der Waals surface area contributed by atoms with Crippen molar-refractivity contribution in [2.24, 2.45) is 5.92 Å². The molecule has 1 aromatic carbocycles. The van der Waals surface area contributed by atoms with Crippen molar-refractivity contribution < 1.29 is 9.53 Å². The van der Waals surface area contributed by atoms with Gasteiger partial charge in [0.2, 0.25) is 5.91 Å². The van der Waals surface area contributed by atoms with Gasteiger partial charge in [0.05, 0.1) is 19.0 Å². The zero-order chi connectivity index (χ0) is 18.1. The Morgan fingerprint density at radius 2 is 2.00 bits per heavy atom. The lowest BCUT2D eigenvalue weighted by Crippen LogP contribution is -2.15. The van der Waals surface area contributed by atoms with E-state index < -0.39 is 0 Å². The highest BCUT2D eigenvalue weighted by molar-refractivity contribution is 5.95. The summed E-state index contributed by atoms with van der Waals surface area (Å²) in [7, 11) is 1.65. The molecule has 0 radical (unpaired) electrons. The third kappa shape index (κ3) is 3.18. The highest BCUT2D eigenvalue weighted by Crippen LogP contribution is 2.48. The van der Waals surface area contributed by atoms with Crippen LogP contribution in [0.15, 0.2) is 55.0 Å². The maximum Gasteiger partial charge on any atom is 0.228 e. The number of hydrogen-bond donors (Lipinski definition) is 1. The minimum atomic E-state index is 0.0129. The summed E-state index contributed by atoms with van der Waals surface area (Å²) >= 11 is 0. The van der Waals surface area contributed by atoms with Crippen molar-refractivity contribution in [3.8, 4) is 11.6 Å². The largest absolute Gasteiger partial charge is 0.497 e. The second-order valence-electron chi connectivity index (χ2n) is 6.46. The monoisotopic (exact) mass is 348 g/mol. The van der Waals surface area contributed by atoms with E-state index in [0.717, 1.165) is 23.8 Å². The summed E-state index contributed by atoms with van der Waals surface area (Å²) in [4.78, 5) is 21.1. The highest BCUT2D eigenvalue weighted by atomic mass is 16.5. The third-order valence-corrected chi connectivity index (χ3v) is 4.76. The summed E-state index contributed by atoms with van der Waals surface area (Å²) in [6.45, 7) is 1.92. The zero-order valence-electron chi connectivity index (χ0n) is 14.7. The number of benzene rings is 1. The summed E-state index contributed by atoms with van der Waals surface area (Å²) < 4.78 is 7.07. The molecule has 2 heterocycles. The number of rotatable bonds is 5. The van der Waals surface area contributed by atoms with Crippen molar-refractivity contribution in [2.75, 3.05) is 12.4 Å². The molecule has 1 amide bonds. The average Bonchev–Trinajstić information content (AvgIpc) is 3.37. The van der Waals surface area contributed by atoms with Gasteiger partial charge < -0.3 is 10.1 Å². The Labute approximate surface area is 151 Å². The number of imidazole rings is 1. The summed E-state index contributed by atoms with van der Waals surface area (Å²) in [5, 5.41) is 2.96. The molecule has 2 aromatic heterocycles. The predicted octanol–water partition coefficient (Wildman–Crippen LogP) is 3.33. The van der Waals surface area contributed by atoms with Crippen LogP contribution in [0.1, 0.15) is 23.7 Å². The number of pyridine rings is 1. The van der Waals surface area contributed by atoms with Gasteiger partial charge in [-0.15, -0.1) is 0 Å². The van der Waals surface area contributed by atoms with Gasteiger partial charge in [-0.1, -0.05) is 12.1 Å². The number of carbonyl (C=O) groups is 1. The molecule has 0 aliphatic heterocycles. The first-order valence-corrected chi connectivity index (χ1v) is 8.57. The van der Waals surface area contributed by atoms with Gasteiger partial charge in [0.25, 0.3) is 0 Å². The standard InChI is InChI=1S/C20H20N4O2/c1-13-21-9-10-24(13)19-8-5-15(12-22-19)23-20(25)18-11-17(18)14-3-6-16(26-2)7-4-14/h3-10,12,17-18H,11H2,1-2H3,(H,23,25)/t17-,18-/m1/s1. The van der Waals surface area contributed by atoms with E-state index in [-0.39, 0.29) is 17.7 Å². The second-order valence-corrected chi connectivity index (χ2v) is 6.46. The van der Waals surface area contributed by atoms with Crippen LogP contribution in [0.25, 0.3) is 5.82 Å². The minimum absolute atomic E-state index is 0.0129. The number of aryl methyl sites for hydroxylation is 1. The van der Waals surface area contributed by atoms with Gasteiger partial charge in [-0.05, 0) is 49.1 Å². The summed E-state index contributed by atoms with van der Waals surface area (Å²) in [6.07, 6.45) is 6.15. The van der Waals surface area contributed by atoms with Gasteiger partial charge >= 0.3 is 0 Å².